The molecule has 0 aliphatic carbocycles. The topological polar surface area (TPSA) is 46.4 Å². The van der Waals surface area contributed by atoms with Crippen molar-refractivity contribution < 1.29 is 4.79 Å². The van der Waals surface area contributed by atoms with Crippen LogP contribution in [-0.4, -0.2) is 21.8 Å². The largest absolute Gasteiger partial charge is 0.352 e. The van der Waals surface area contributed by atoms with Gasteiger partial charge in [0.2, 0.25) is 0 Å². The number of fused-ring (bicyclic) bond motifs is 1. The normalized spacial score (nSPS) is 10.9. The number of nitrogens with one attached hydrogen (secondary N) is 1. The molecule has 16 heavy (non-hydrogen) atoms. The number of pyridine rings is 1. The van der Waals surface area contributed by atoms with E-state index in [9.17, 15) is 4.79 Å². The molecule has 2 aromatic rings. The number of nitrogens with zero attached hydrogens (tertiary/aromatic N) is 2. The average Bonchev–Trinajstić information content (AvgIpc) is 2.72. The third kappa shape index (κ3) is 2.21. The zero-order valence-corrected chi connectivity index (χ0v) is 9.47. The van der Waals surface area contributed by atoms with Gasteiger partial charge in [-0.1, -0.05) is 13.8 Å². The molecule has 0 aliphatic heterocycles. The van der Waals surface area contributed by atoms with Gasteiger partial charge in [-0.05, 0) is 18.1 Å². The second kappa shape index (κ2) is 4.35. The highest BCUT2D eigenvalue weighted by Gasteiger charge is 2.06. The molecule has 84 valence electrons. The first-order chi connectivity index (χ1) is 7.66. The van der Waals surface area contributed by atoms with Crippen LogP contribution in [0, 0.1) is 5.92 Å². The molecule has 0 spiro atoms. The lowest BCUT2D eigenvalue weighted by atomic mass is 10.2. The maximum Gasteiger partial charge on any atom is 0.252 e. The predicted molar refractivity (Wildman–Crippen MR) is 62.4 cm³/mol. The zero-order valence-electron chi connectivity index (χ0n) is 9.47. The molecular formula is C12H15N3O. The summed E-state index contributed by atoms with van der Waals surface area (Å²) in [7, 11) is 0. The van der Waals surface area contributed by atoms with Crippen LogP contribution in [0.5, 0.6) is 0 Å². The highest BCUT2D eigenvalue weighted by molar-refractivity contribution is 5.94. The number of rotatable bonds is 3. The molecule has 0 radical (unpaired) electrons. The summed E-state index contributed by atoms with van der Waals surface area (Å²) in [5.74, 6) is 0.422. The highest BCUT2D eigenvalue weighted by atomic mass is 16.1. The second-order valence-corrected chi connectivity index (χ2v) is 4.21. The molecule has 0 saturated heterocycles. The summed E-state index contributed by atoms with van der Waals surface area (Å²) in [6.07, 6.45) is 5.33. The molecule has 0 atom stereocenters. The maximum absolute atomic E-state index is 11.8. The summed E-state index contributed by atoms with van der Waals surface area (Å²) in [6, 6.07) is 3.63. The Morgan fingerprint density at radius 3 is 3.06 bits per heavy atom. The zero-order chi connectivity index (χ0) is 11.5. The molecule has 4 nitrogen and oxygen atoms in total. The summed E-state index contributed by atoms with van der Waals surface area (Å²) >= 11 is 0. The van der Waals surface area contributed by atoms with Gasteiger partial charge in [0.25, 0.3) is 5.91 Å². The Kier molecular flexibility index (Phi) is 2.90. The lowest BCUT2D eigenvalue weighted by Crippen LogP contribution is -2.27. The lowest BCUT2D eigenvalue weighted by molar-refractivity contribution is 0.0948. The van der Waals surface area contributed by atoms with Crippen LogP contribution in [0.25, 0.3) is 5.65 Å². The third-order valence-corrected chi connectivity index (χ3v) is 2.32. The Hall–Kier alpha value is -1.84. The fourth-order valence-electron chi connectivity index (χ4n) is 1.45. The van der Waals surface area contributed by atoms with Crippen LogP contribution in [0.2, 0.25) is 0 Å². The smallest absolute Gasteiger partial charge is 0.252 e. The van der Waals surface area contributed by atoms with E-state index in [2.05, 4.69) is 24.1 Å². The minimum absolute atomic E-state index is 0.0377. The number of amides is 1. The van der Waals surface area contributed by atoms with E-state index in [0.717, 1.165) is 5.65 Å². The van der Waals surface area contributed by atoms with E-state index in [-0.39, 0.29) is 5.91 Å². The number of aromatic nitrogens is 2. The predicted octanol–water partition coefficient (Wildman–Crippen LogP) is 1.72. The first-order valence-electron chi connectivity index (χ1n) is 5.38. The van der Waals surface area contributed by atoms with Gasteiger partial charge in [-0.15, -0.1) is 0 Å². The van der Waals surface area contributed by atoms with Gasteiger partial charge in [-0.25, -0.2) is 4.98 Å². The van der Waals surface area contributed by atoms with Crippen LogP contribution in [0.3, 0.4) is 0 Å². The van der Waals surface area contributed by atoms with E-state index in [4.69, 9.17) is 0 Å². The first-order valence-corrected chi connectivity index (χ1v) is 5.38. The lowest BCUT2D eigenvalue weighted by Gasteiger charge is -2.07. The average molecular weight is 217 g/mol. The van der Waals surface area contributed by atoms with Crippen molar-refractivity contribution in [1.82, 2.24) is 14.7 Å². The van der Waals surface area contributed by atoms with Gasteiger partial charge in [0, 0.05) is 25.1 Å². The quantitative estimate of drug-likeness (QED) is 0.850. The van der Waals surface area contributed by atoms with Crippen LogP contribution < -0.4 is 5.32 Å². The number of hydrogen-bond donors (Lipinski definition) is 1. The molecular weight excluding hydrogens is 202 g/mol. The van der Waals surface area contributed by atoms with Crippen molar-refractivity contribution in [3.8, 4) is 0 Å². The SMILES string of the molecule is CC(C)CNC(=O)c1ccc2nccn2c1. The third-order valence-electron chi connectivity index (χ3n) is 2.32. The van der Waals surface area contributed by atoms with Crippen LogP contribution in [-0.2, 0) is 0 Å². The summed E-state index contributed by atoms with van der Waals surface area (Å²) in [6.45, 7) is 4.83. The van der Waals surface area contributed by atoms with Crippen molar-refractivity contribution in [2.45, 2.75) is 13.8 Å². The molecule has 0 unspecified atom stereocenters. The molecule has 1 amide bonds. The van der Waals surface area contributed by atoms with Gasteiger partial charge in [-0.2, -0.15) is 0 Å². The fourth-order valence-corrected chi connectivity index (χ4v) is 1.45. The van der Waals surface area contributed by atoms with E-state index in [1.54, 1.807) is 18.5 Å². The molecule has 2 rings (SSSR count). The Labute approximate surface area is 94.3 Å². The van der Waals surface area contributed by atoms with Crippen LogP contribution in [0.4, 0.5) is 0 Å². The van der Waals surface area contributed by atoms with Crippen molar-refractivity contribution in [2.24, 2.45) is 5.92 Å². The van der Waals surface area contributed by atoms with Crippen LogP contribution in [0.1, 0.15) is 24.2 Å². The van der Waals surface area contributed by atoms with Gasteiger partial charge < -0.3 is 9.72 Å². The summed E-state index contributed by atoms with van der Waals surface area (Å²) in [5.41, 5.74) is 1.51. The van der Waals surface area contributed by atoms with Crippen LogP contribution in [0.15, 0.2) is 30.7 Å². The molecule has 0 aliphatic rings. The van der Waals surface area contributed by atoms with Gasteiger partial charge in [-0.3, -0.25) is 4.79 Å². The van der Waals surface area contributed by atoms with Gasteiger partial charge in [0.1, 0.15) is 5.65 Å². The summed E-state index contributed by atoms with van der Waals surface area (Å²) in [4.78, 5) is 15.9. The van der Waals surface area contributed by atoms with E-state index >= 15 is 0 Å². The van der Waals surface area contributed by atoms with E-state index in [1.165, 1.54) is 0 Å². The van der Waals surface area contributed by atoms with Crippen molar-refractivity contribution >= 4 is 11.6 Å². The standard InChI is InChI=1S/C12H15N3O/c1-9(2)7-14-12(16)10-3-4-11-13-5-6-15(11)8-10/h3-6,8-9H,7H2,1-2H3,(H,14,16). The Balaban J connectivity index is 2.16. The van der Waals surface area contributed by atoms with Crippen molar-refractivity contribution in [3.63, 3.8) is 0 Å². The van der Waals surface area contributed by atoms with Gasteiger partial charge in [0.15, 0.2) is 0 Å². The number of hydrogen-bond acceptors (Lipinski definition) is 2. The van der Waals surface area contributed by atoms with Crippen molar-refractivity contribution in [3.05, 3.63) is 36.3 Å². The summed E-state index contributed by atoms with van der Waals surface area (Å²) < 4.78 is 1.84. The number of carbonyl (C=O) groups is 1. The second-order valence-electron chi connectivity index (χ2n) is 4.21. The van der Waals surface area contributed by atoms with E-state index in [0.29, 0.717) is 18.0 Å². The van der Waals surface area contributed by atoms with Crippen molar-refractivity contribution in [2.75, 3.05) is 6.54 Å². The molecule has 2 heterocycles. The van der Waals surface area contributed by atoms with E-state index < -0.39 is 0 Å². The monoisotopic (exact) mass is 217 g/mol. The molecule has 2 aromatic heterocycles. The molecule has 0 fully saturated rings. The molecule has 1 N–H and O–H groups in total. The fraction of sp³-hybridized carbons (Fsp3) is 0.333. The van der Waals surface area contributed by atoms with E-state index in [1.807, 2.05) is 16.7 Å². The van der Waals surface area contributed by atoms with Crippen molar-refractivity contribution in [1.29, 1.82) is 0 Å². The maximum atomic E-state index is 11.8. The minimum atomic E-state index is -0.0377. The first kappa shape index (κ1) is 10.7. The molecule has 0 aromatic carbocycles. The molecule has 4 heteroatoms. The molecule has 0 saturated carbocycles. The Morgan fingerprint density at radius 2 is 2.31 bits per heavy atom. The summed E-state index contributed by atoms with van der Waals surface area (Å²) in [5, 5.41) is 2.88. The highest BCUT2D eigenvalue weighted by Crippen LogP contribution is 2.04. The van der Waals surface area contributed by atoms with Gasteiger partial charge >= 0.3 is 0 Å². The number of carbonyl (C=O) groups excluding carboxylic acids is 1. The Morgan fingerprint density at radius 1 is 1.50 bits per heavy atom. The number of imidazole rings is 1. The van der Waals surface area contributed by atoms with Crippen LogP contribution >= 0.6 is 0 Å². The van der Waals surface area contributed by atoms with Gasteiger partial charge in [0.05, 0.1) is 5.56 Å². The minimum Gasteiger partial charge on any atom is -0.352 e. The Bertz CT molecular complexity index is 502. The molecule has 0 bridgehead atoms.